The van der Waals surface area contributed by atoms with Gasteiger partial charge < -0.3 is 20.2 Å². The minimum Gasteiger partial charge on any atom is -0.392 e. The van der Waals surface area contributed by atoms with Gasteiger partial charge in [0.25, 0.3) is 0 Å². The number of hydrogen-bond acceptors (Lipinski definition) is 3. The molecule has 0 aliphatic carbocycles. The standard InChI is InChI=1S/C17H25Cl2N3O2/c1-11(14-5-4-12(10-23)15(18)16(14)19)20-17(24)22(3)13-6-8-21(2)9-7-13/h4-5,11,13,23H,6-10H2,1-3H3,(H,20,24). The van der Waals surface area contributed by atoms with Crippen LogP contribution in [0, 0.1) is 0 Å². The quantitative estimate of drug-likeness (QED) is 0.851. The van der Waals surface area contributed by atoms with Crippen molar-refractivity contribution in [1.82, 2.24) is 15.1 Å². The van der Waals surface area contributed by atoms with E-state index in [1.54, 1.807) is 17.0 Å². The molecule has 0 bridgehead atoms. The maximum atomic E-state index is 12.5. The highest BCUT2D eigenvalue weighted by atomic mass is 35.5. The number of aliphatic hydroxyl groups is 1. The van der Waals surface area contributed by atoms with Gasteiger partial charge in [-0.2, -0.15) is 0 Å². The summed E-state index contributed by atoms with van der Waals surface area (Å²) in [6.45, 7) is 3.71. The second kappa shape index (κ2) is 8.39. The van der Waals surface area contributed by atoms with Gasteiger partial charge in [-0.15, -0.1) is 0 Å². The first-order valence-electron chi connectivity index (χ1n) is 8.14. The summed E-state index contributed by atoms with van der Waals surface area (Å²) in [6, 6.07) is 3.39. The third-order valence-corrected chi connectivity index (χ3v) is 5.66. The predicted octanol–water partition coefficient (Wildman–Crippen LogP) is 3.28. The molecular weight excluding hydrogens is 349 g/mol. The van der Waals surface area contributed by atoms with Gasteiger partial charge in [0, 0.05) is 13.1 Å². The van der Waals surface area contributed by atoms with Crippen LogP contribution in [-0.4, -0.2) is 54.2 Å². The number of urea groups is 1. The summed E-state index contributed by atoms with van der Waals surface area (Å²) in [4.78, 5) is 16.6. The van der Waals surface area contributed by atoms with E-state index < -0.39 is 0 Å². The predicted molar refractivity (Wildman–Crippen MR) is 97.6 cm³/mol. The summed E-state index contributed by atoms with van der Waals surface area (Å²) < 4.78 is 0. The van der Waals surface area contributed by atoms with E-state index in [0.717, 1.165) is 31.5 Å². The molecule has 2 N–H and O–H groups in total. The Bertz CT molecular complexity index is 589. The summed E-state index contributed by atoms with van der Waals surface area (Å²) in [5, 5.41) is 12.9. The van der Waals surface area contributed by atoms with Crippen LogP contribution < -0.4 is 5.32 Å². The molecule has 1 saturated heterocycles. The topological polar surface area (TPSA) is 55.8 Å². The first kappa shape index (κ1) is 19.3. The summed E-state index contributed by atoms with van der Waals surface area (Å²) in [6.07, 6.45) is 1.96. The second-order valence-corrected chi connectivity index (χ2v) is 7.17. The number of nitrogens with one attached hydrogen (secondary N) is 1. The molecule has 0 spiro atoms. The van der Waals surface area contributed by atoms with E-state index in [-0.39, 0.29) is 24.7 Å². The average molecular weight is 374 g/mol. The zero-order valence-electron chi connectivity index (χ0n) is 14.4. The SMILES string of the molecule is CC(NC(=O)N(C)C1CCN(C)CC1)c1ccc(CO)c(Cl)c1Cl. The third kappa shape index (κ3) is 4.33. The summed E-state index contributed by atoms with van der Waals surface area (Å²) in [5.41, 5.74) is 1.32. The molecule has 7 heteroatoms. The first-order chi connectivity index (χ1) is 11.3. The molecule has 2 amide bonds. The van der Waals surface area contributed by atoms with Gasteiger partial charge in [-0.25, -0.2) is 4.79 Å². The lowest BCUT2D eigenvalue weighted by atomic mass is 10.0. The van der Waals surface area contributed by atoms with Gasteiger partial charge in [0.05, 0.1) is 22.7 Å². The number of piperidine rings is 1. The molecule has 1 aliphatic heterocycles. The minimum atomic E-state index is -0.274. The number of nitrogens with zero attached hydrogens (tertiary/aromatic N) is 2. The number of carbonyl (C=O) groups is 1. The van der Waals surface area contributed by atoms with Crippen LogP contribution in [0.15, 0.2) is 12.1 Å². The van der Waals surface area contributed by atoms with Gasteiger partial charge in [-0.1, -0.05) is 35.3 Å². The molecule has 2 rings (SSSR count). The van der Waals surface area contributed by atoms with Crippen molar-refractivity contribution in [2.24, 2.45) is 0 Å². The Morgan fingerprint density at radius 3 is 2.58 bits per heavy atom. The molecule has 134 valence electrons. The van der Waals surface area contributed by atoms with Gasteiger partial charge in [-0.05, 0) is 51.0 Å². The third-order valence-electron chi connectivity index (χ3n) is 4.73. The number of hydrogen-bond donors (Lipinski definition) is 2. The van der Waals surface area contributed by atoms with Crippen molar-refractivity contribution in [2.75, 3.05) is 27.2 Å². The van der Waals surface area contributed by atoms with E-state index in [9.17, 15) is 9.90 Å². The number of halogens is 2. The van der Waals surface area contributed by atoms with Gasteiger partial charge >= 0.3 is 6.03 Å². The van der Waals surface area contributed by atoms with Crippen molar-refractivity contribution < 1.29 is 9.90 Å². The molecule has 1 unspecified atom stereocenters. The fourth-order valence-electron chi connectivity index (χ4n) is 2.97. The molecule has 0 radical (unpaired) electrons. The molecule has 1 fully saturated rings. The van der Waals surface area contributed by atoms with Crippen molar-refractivity contribution in [1.29, 1.82) is 0 Å². The lowest BCUT2D eigenvalue weighted by molar-refractivity contribution is 0.146. The number of rotatable bonds is 4. The molecule has 1 atom stereocenters. The smallest absolute Gasteiger partial charge is 0.317 e. The second-order valence-electron chi connectivity index (χ2n) is 6.42. The monoisotopic (exact) mass is 373 g/mol. The highest BCUT2D eigenvalue weighted by Crippen LogP contribution is 2.33. The van der Waals surface area contributed by atoms with Crippen LogP contribution >= 0.6 is 23.2 Å². The number of aliphatic hydroxyl groups excluding tert-OH is 1. The lowest BCUT2D eigenvalue weighted by Crippen LogP contribution is -2.48. The molecule has 5 nitrogen and oxygen atoms in total. The van der Waals surface area contributed by atoms with E-state index in [4.69, 9.17) is 23.2 Å². The molecule has 0 saturated carbocycles. The van der Waals surface area contributed by atoms with Crippen molar-refractivity contribution >= 4 is 29.2 Å². The number of amides is 2. The number of carbonyl (C=O) groups excluding carboxylic acids is 1. The molecule has 24 heavy (non-hydrogen) atoms. The molecular formula is C17H25Cl2N3O2. The van der Waals surface area contributed by atoms with Crippen LogP contribution in [0.3, 0.4) is 0 Å². The minimum absolute atomic E-state index is 0.115. The zero-order chi connectivity index (χ0) is 17.9. The largest absolute Gasteiger partial charge is 0.392 e. The van der Waals surface area contributed by atoms with Crippen molar-refractivity contribution in [2.45, 2.75) is 38.5 Å². The Labute approximate surface area is 153 Å². The normalized spacial score (nSPS) is 17.6. The fourth-order valence-corrected chi connectivity index (χ4v) is 3.55. The Morgan fingerprint density at radius 1 is 1.38 bits per heavy atom. The van der Waals surface area contributed by atoms with Gasteiger partial charge in [0.1, 0.15) is 0 Å². The van der Waals surface area contributed by atoms with Crippen LogP contribution in [0.25, 0.3) is 0 Å². The molecule has 0 aromatic heterocycles. The summed E-state index contributed by atoms with van der Waals surface area (Å²) >= 11 is 12.4. The maximum Gasteiger partial charge on any atom is 0.317 e. The Morgan fingerprint density at radius 2 is 2.00 bits per heavy atom. The fraction of sp³-hybridized carbons (Fsp3) is 0.588. The van der Waals surface area contributed by atoms with Crippen molar-refractivity contribution in [3.05, 3.63) is 33.3 Å². The summed E-state index contributed by atoms with van der Waals surface area (Å²) in [7, 11) is 3.93. The van der Waals surface area contributed by atoms with Crippen LogP contribution in [0.5, 0.6) is 0 Å². The van der Waals surface area contributed by atoms with E-state index in [0.29, 0.717) is 15.6 Å². The van der Waals surface area contributed by atoms with Crippen LogP contribution in [0.1, 0.15) is 36.9 Å². The van der Waals surface area contributed by atoms with Crippen LogP contribution in [0.2, 0.25) is 10.0 Å². The summed E-state index contributed by atoms with van der Waals surface area (Å²) in [5.74, 6) is 0. The van der Waals surface area contributed by atoms with E-state index in [1.807, 2.05) is 14.0 Å². The van der Waals surface area contributed by atoms with Gasteiger partial charge in [0.15, 0.2) is 0 Å². The molecule has 1 aromatic carbocycles. The highest BCUT2D eigenvalue weighted by molar-refractivity contribution is 6.43. The zero-order valence-corrected chi connectivity index (χ0v) is 15.9. The van der Waals surface area contributed by atoms with Crippen LogP contribution in [-0.2, 0) is 6.61 Å². The average Bonchev–Trinajstić information content (AvgIpc) is 2.57. The first-order valence-corrected chi connectivity index (χ1v) is 8.90. The number of benzene rings is 1. The molecule has 1 heterocycles. The van der Waals surface area contributed by atoms with Gasteiger partial charge in [0.2, 0.25) is 0 Å². The van der Waals surface area contributed by atoms with Gasteiger partial charge in [-0.3, -0.25) is 0 Å². The maximum absolute atomic E-state index is 12.5. The lowest BCUT2D eigenvalue weighted by Gasteiger charge is -2.35. The molecule has 1 aliphatic rings. The van der Waals surface area contributed by atoms with Crippen molar-refractivity contribution in [3.8, 4) is 0 Å². The Balaban J connectivity index is 2.02. The Kier molecular flexibility index (Phi) is 6.75. The van der Waals surface area contributed by atoms with E-state index in [2.05, 4.69) is 17.3 Å². The van der Waals surface area contributed by atoms with E-state index >= 15 is 0 Å². The van der Waals surface area contributed by atoms with Crippen LogP contribution in [0.4, 0.5) is 4.79 Å². The molecule has 1 aromatic rings. The number of likely N-dealkylation sites (tertiary alicyclic amines) is 1. The highest BCUT2D eigenvalue weighted by Gasteiger charge is 2.25. The Hall–Kier alpha value is -1.01. The van der Waals surface area contributed by atoms with Crippen molar-refractivity contribution in [3.63, 3.8) is 0 Å². The van der Waals surface area contributed by atoms with E-state index in [1.165, 1.54) is 0 Å².